The number of amides is 1. The summed E-state index contributed by atoms with van der Waals surface area (Å²) in [5.41, 5.74) is 0.771. The van der Waals surface area contributed by atoms with Crippen molar-refractivity contribution in [1.29, 1.82) is 0 Å². The summed E-state index contributed by atoms with van der Waals surface area (Å²) in [6.45, 7) is 0.820. The number of hydrogen-bond acceptors (Lipinski definition) is 2. The van der Waals surface area contributed by atoms with E-state index in [-0.39, 0.29) is 11.5 Å². The first kappa shape index (κ1) is 14.1. The number of nitrogens with zero attached hydrogens (tertiary/aromatic N) is 1. The molecule has 0 spiro atoms. The molecular weight excluding hydrogens is 266 g/mol. The molecule has 4 nitrogen and oxygen atoms in total. The molecule has 21 heavy (non-hydrogen) atoms. The quantitative estimate of drug-likeness (QED) is 0.926. The molecule has 1 amide bonds. The topological polar surface area (TPSA) is 57.6 Å². The maximum absolute atomic E-state index is 12.4. The van der Waals surface area contributed by atoms with Crippen molar-refractivity contribution in [3.8, 4) is 0 Å². The molecule has 0 aromatic heterocycles. The van der Waals surface area contributed by atoms with Gasteiger partial charge in [0.2, 0.25) is 0 Å². The Labute approximate surface area is 124 Å². The Balaban J connectivity index is 1.62. The van der Waals surface area contributed by atoms with E-state index in [0.29, 0.717) is 11.5 Å². The van der Waals surface area contributed by atoms with E-state index in [2.05, 4.69) is 0 Å². The summed E-state index contributed by atoms with van der Waals surface area (Å²) in [6.07, 6.45) is 5.31. The molecule has 0 radical (unpaired) electrons. The molecule has 1 N–H and O–H groups in total. The lowest BCUT2D eigenvalue weighted by atomic mass is 9.88. The molecule has 1 aromatic rings. The molecule has 0 saturated heterocycles. The van der Waals surface area contributed by atoms with Crippen molar-refractivity contribution in [3.63, 3.8) is 0 Å². The van der Waals surface area contributed by atoms with Crippen LogP contribution in [0.3, 0.4) is 0 Å². The van der Waals surface area contributed by atoms with Crippen LogP contribution in [0, 0.1) is 17.8 Å². The van der Waals surface area contributed by atoms with Crippen LogP contribution in [0.4, 0.5) is 0 Å². The first-order valence-electron chi connectivity index (χ1n) is 7.63. The minimum Gasteiger partial charge on any atom is -0.478 e. The van der Waals surface area contributed by atoms with E-state index in [1.165, 1.54) is 37.8 Å². The van der Waals surface area contributed by atoms with Crippen molar-refractivity contribution in [3.05, 3.63) is 35.4 Å². The van der Waals surface area contributed by atoms with Crippen molar-refractivity contribution in [2.24, 2.45) is 17.8 Å². The van der Waals surface area contributed by atoms with Crippen LogP contribution in [-0.2, 0) is 0 Å². The van der Waals surface area contributed by atoms with Gasteiger partial charge in [0, 0.05) is 19.2 Å². The van der Waals surface area contributed by atoms with Gasteiger partial charge in [0.1, 0.15) is 0 Å². The number of aromatic carboxylic acids is 1. The molecule has 3 rings (SSSR count). The molecule has 1 aromatic carbocycles. The Morgan fingerprint density at radius 3 is 2.33 bits per heavy atom. The van der Waals surface area contributed by atoms with Gasteiger partial charge in [-0.05, 0) is 61.3 Å². The lowest BCUT2D eigenvalue weighted by Crippen LogP contribution is -2.33. The number of carboxylic acid groups (broad SMARTS) is 1. The third-order valence-electron chi connectivity index (χ3n) is 5.12. The highest BCUT2D eigenvalue weighted by Gasteiger charge is 2.40. The Morgan fingerprint density at radius 1 is 1.14 bits per heavy atom. The van der Waals surface area contributed by atoms with Crippen molar-refractivity contribution in [1.82, 2.24) is 4.90 Å². The highest BCUT2D eigenvalue weighted by Crippen LogP contribution is 2.48. The molecular formula is C17H21NO3. The van der Waals surface area contributed by atoms with E-state index < -0.39 is 5.97 Å². The number of fused-ring (bicyclic) bond motifs is 2. The van der Waals surface area contributed by atoms with Gasteiger partial charge in [0.15, 0.2) is 0 Å². The van der Waals surface area contributed by atoms with Gasteiger partial charge in [-0.25, -0.2) is 4.79 Å². The summed E-state index contributed by atoms with van der Waals surface area (Å²) in [5, 5.41) is 8.88. The molecule has 2 aliphatic rings. The van der Waals surface area contributed by atoms with E-state index in [9.17, 15) is 9.59 Å². The van der Waals surface area contributed by atoms with E-state index in [0.717, 1.165) is 18.4 Å². The van der Waals surface area contributed by atoms with Crippen LogP contribution in [-0.4, -0.2) is 35.5 Å². The summed E-state index contributed by atoms with van der Waals surface area (Å²) in [4.78, 5) is 25.0. The summed E-state index contributed by atoms with van der Waals surface area (Å²) >= 11 is 0. The third-order valence-corrected chi connectivity index (χ3v) is 5.12. The zero-order valence-corrected chi connectivity index (χ0v) is 12.3. The SMILES string of the molecule is CN(CC1CC2CCC1C2)C(=O)c1ccc(C(=O)O)cc1. The van der Waals surface area contributed by atoms with Crippen molar-refractivity contribution < 1.29 is 14.7 Å². The van der Waals surface area contributed by atoms with Crippen LogP contribution in [0.25, 0.3) is 0 Å². The average Bonchev–Trinajstić information content (AvgIpc) is 3.09. The number of benzene rings is 1. The molecule has 2 bridgehead atoms. The molecule has 3 atom stereocenters. The standard InChI is InChI=1S/C17H21NO3/c1-18(10-15-9-11-2-3-14(15)8-11)16(19)12-4-6-13(7-5-12)17(20)21/h4-7,11,14-15H,2-3,8-10H2,1H3,(H,20,21). The highest BCUT2D eigenvalue weighted by atomic mass is 16.4. The largest absolute Gasteiger partial charge is 0.478 e. The second-order valence-electron chi connectivity index (χ2n) is 6.50. The first-order valence-corrected chi connectivity index (χ1v) is 7.63. The zero-order valence-electron chi connectivity index (χ0n) is 12.3. The van der Waals surface area contributed by atoms with Gasteiger partial charge in [-0.1, -0.05) is 6.42 Å². The normalized spacial score (nSPS) is 26.8. The molecule has 3 unspecified atom stereocenters. The number of carbonyl (C=O) groups is 2. The smallest absolute Gasteiger partial charge is 0.335 e. The minimum atomic E-state index is -0.968. The summed E-state index contributed by atoms with van der Waals surface area (Å²) in [6, 6.07) is 6.17. The lowest BCUT2D eigenvalue weighted by molar-refractivity contribution is 0.0694. The Kier molecular flexibility index (Phi) is 3.70. The number of rotatable bonds is 4. The molecule has 0 aliphatic heterocycles. The molecule has 0 heterocycles. The van der Waals surface area contributed by atoms with Gasteiger partial charge in [-0.15, -0.1) is 0 Å². The van der Waals surface area contributed by atoms with Crippen LogP contribution in [0.2, 0.25) is 0 Å². The Bertz CT molecular complexity index is 552. The fourth-order valence-electron chi connectivity index (χ4n) is 4.01. The molecule has 2 aliphatic carbocycles. The first-order chi connectivity index (χ1) is 10.0. The van der Waals surface area contributed by atoms with E-state index in [4.69, 9.17) is 5.11 Å². The van der Waals surface area contributed by atoms with Crippen LogP contribution < -0.4 is 0 Å². The predicted octanol–water partition coefficient (Wildman–Crippen LogP) is 2.89. The molecule has 2 saturated carbocycles. The molecule has 2 fully saturated rings. The second-order valence-corrected chi connectivity index (χ2v) is 6.50. The predicted molar refractivity (Wildman–Crippen MR) is 79.3 cm³/mol. The summed E-state index contributed by atoms with van der Waals surface area (Å²) in [7, 11) is 1.85. The van der Waals surface area contributed by atoms with Crippen molar-refractivity contribution in [2.45, 2.75) is 25.7 Å². The number of hydrogen-bond donors (Lipinski definition) is 1. The van der Waals surface area contributed by atoms with Crippen LogP contribution in [0.1, 0.15) is 46.4 Å². The van der Waals surface area contributed by atoms with Crippen molar-refractivity contribution >= 4 is 11.9 Å². The van der Waals surface area contributed by atoms with Crippen LogP contribution >= 0.6 is 0 Å². The van der Waals surface area contributed by atoms with Crippen LogP contribution in [0.5, 0.6) is 0 Å². The summed E-state index contributed by atoms with van der Waals surface area (Å²) < 4.78 is 0. The van der Waals surface area contributed by atoms with Gasteiger partial charge in [-0.2, -0.15) is 0 Å². The second kappa shape index (κ2) is 5.51. The fourth-order valence-corrected chi connectivity index (χ4v) is 4.01. The zero-order chi connectivity index (χ0) is 15.0. The van der Waals surface area contributed by atoms with Crippen LogP contribution in [0.15, 0.2) is 24.3 Å². The van der Waals surface area contributed by atoms with E-state index >= 15 is 0 Å². The van der Waals surface area contributed by atoms with E-state index in [1.807, 2.05) is 7.05 Å². The van der Waals surface area contributed by atoms with Gasteiger partial charge in [0.25, 0.3) is 5.91 Å². The fraction of sp³-hybridized carbons (Fsp3) is 0.529. The third kappa shape index (κ3) is 2.80. The van der Waals surface area contributed by atoms with Crippen molar-refractivity contribution in [2.75, 3.05) is 13.6 Å². The highest BCUT2D eigenvalue weighted by molar-refractivity contribution is 5.95. The lowest BCUT2D eigenvalue weighted by Gasteiger charge is -2.27. The van der Waals surface area contributed by atoms with Gasteiger partial charge in [-0.3, -0.25) is 4.79 Å². The van der Waals surface area contributed by atoms with E-state index in [1.54, 1.807) is 17.0 Å². The minimum absolute atomic E-state index is 0.0188. The average molecular weight is 287 g/mol. The van der Waals surface area contributed by atoms with Gasteiger partial charge < -0.3 is 10.0 Å². The Morgan fingerprint density at radius 2 is 1.81 bits per heavy atom. The monoisotopic (exact) mass is 287 g/mol. The Hall–Kier alpha value is -1.84. The van der Waals surface area contributed by atoms with Gasteiger partial charge in [0.05, 0.1) is 5.56 Å². The molecule has 4 heteroatoms. The summed E-state index contributed by atoms with van der Waals surface area (Å²) in [5.74, 6) is 1.35. The molecule has 112 valence electrons. The van der Waals surface area contributed by atoms with Gasteiger partial charge >= 0.3 is 5.97 Å². The number of carboxylic acids is 1. The maximum atomic E-state index is 12.4. The maximum Gasteiger partial charge on any atom is 0.335 e. The number of carbonyl (C=O) groups excluding carboxylic acids is 1.